The normalized spacial score (nSPS) is 11.4. The molecule has 0 saturated carbocycles. The van der Waals surface area contributed by atoms with E-state index in [0.717, 1.165) is 23.3 Å². The average molecular weight is 298 g/mol. The standard InChI is InChI=1S/C11H18N6O2S/c1-9-12-4-5-16(9)6-7-20-11-13-14-15-17(11)8-10(18-2)19-3/h4-5,10H,6-8H2,1-3H3. The minimum absolute atomic E-state index is 0.353. The molecule has 9 heteroatoms. The van der Waals surface area contributed by atoms with Gasteiger partial charge < -0.3 is 14.0 Å². The highest BCUT2D eigenvalue weighted by Crippen LogP contribution is 2.15. The zero-order valence-corrected chi connectivity index (χ0v) is 12.6. The van der Waals surface area contributed by atoms with Gasteiger partial charge in [0.1, 0.15) is 5.82 Å². The first-order chi connectivity index (χ1) is 9.74. The van der Waals surface area contributed by atoms with E-state index in [-0.39, 0.29) is 6.29 Å². The first-order valence-corrected chi connectivity index (χ1v) is 7.15. The molecule has 0 amide bonds. The van der Waals surface area contributed by atoms with Crippen LogP contribution in [0.25, 0.3) is 0 Å². The van der Waals surface area contributed by atoms with Crippen molar-refractivity contribution in [2.75, 3.05) is 20.0 Å². The Hall–Kier alpha value is -1.45. The molecule has 0 aromatic carbocycles. The number of tetrazole rings is 1. The molecule has 110 valence electrons. The predicted molar refractivity (Wildman–Crippen MR) is 73.3 cm³/mol. The van der Waals surface area contributed by atoms with Crippen molar-refractivity contribution in [1.82, 2.24) is 29.8 Å². The highest BCUT2D eigenvalue weighted by Gasteiger charge is 2.12. The van der Waals surface area contributed by atoms with Gasteiger partial charge in [-0.05, 0) is 17.4 Å². The topological polar surface area (TPSA) is 79.9 Å². The van der Waals surface area contributed by atoms with Crippen molar-refractivity contribution in [3.8, 4) is 0 Å². The number of thioether (sulfide) groups is 1. The third-order valence-electron chi connectivity index (χ3n) is 2.83. The number of aromatic nitrogens is 6. The van der Waals surface area contributed by atoms with Crippen LogP contribution in [0.2, 0.25) is 0 Å². The molecule has 0 atom stereocenters. The number of hydrogen-bond donors (Lipinski definition) is 0. The van der Waals surface area contributed by atoms with Gasteiger partial charge in [0.25, 0.3) is 0 Å². The molecule has 2 aromatic rings. The molecule has 2 rings (SSSR count). The number of methoxy groups -OCH3 is 2. The van der Waals surface area contributed by atoms with Gasteiger partial charge >= 0.3 is 0 Å². The molecule has 20 heavy (non-hydrogen) atoms. The second-order valence-corrected chi connectivity index (χ2v) is 5.12. The van der Waals surface area contributed by atoms with E-state index in [4.69, 9.17) is 9.47 Å². The van der Waals surface area contributed by atoms with Crippen molar-refractivity contribution in [3.63, 3.8) is 0 Å². The van der Waals surface area contributed by atoms with E-state index in [0.29, 0.717) is 6.54 Å². The summed E-state index contributed by atoms with van der Waals surface area (Å²) in [6.45, 7) is 3.31. The number of imidazole rings is 1. The molecule has 0 aliphatic heterocycles. The fourth-order valence-corrected chi connectivity index (χ4v) is 2.50. The molecule has 2 aromatic heterocycles. The Morgan fingerprint density at radius 1 is 1.35 bits per heavy atom. The van der Waals surface area contributed by atoms with Gasteiger partial charge in [-0.2, -0.15) is 0 Å². The minimum atomic E-state index is -0.353. The monoisotopic (exact) mass is 298 g/mol. The van der Waals surface area contributed by atoms with E-state index in [9.17, 15) is 0 Å². The Labute approximate surface area is 121 Å². The molecule has 8 nitrogen and oxygen atoms in total. The minimum Gasteiger partial charge on any atom is -0.354 e. The van der Waals surface area contributed by atoms with Crippen LogP contribution < -0.4 is 0 Å². The van der Waals surface area contributed by atoms with E-state index >= 15 is 0 Å². The zero-order valence-electron chi connectivity index (χ0n) is 11.8. The van der Waals surface area contributed by atoms with Crippen LogP contribution in [0.15, 0.2) is 17.6 Å². The molecule has 0 spiro atoms. The maximum Gasteiger partial charge on any atom is 0.209 e. The van der Waals surface area contributed by atoms with Crippen LogP contribution in [0.1, 0.15) is 5.82 Å². The van der Waals surface area contributed by atoms with Crippen molar-refractivity contribution in [2.24, 2.45) is 0 Å². The van der Waals surface area contributed by atoms with Crippen molar-refractivity contribution in [2.45, 2.75) is 31.5 Å². The van der Waals surface area contributed by atoms with E-state index in [1.54, 1.807) is 36.9 Å². The maximum absolute atomic E-state index is 5.15. The van der Waals surface area contributed by atoms with Gasteiger partial charge in [0, 0.05) is 38.9 Å². The lowest BCUT2D eigenvalue weighted by atomic mass is 10.6. The quantitative estimate of drug-likeness (QED) is 0.521. The summed E-state index contributed by atoms with van der Waals surface area (Å²) in [6, 6.07) is 0. The first-order valence-electron chi connectivity index (χ1n) is 6.17. The van der Waals surface area contributed by atoms with E-state index in [1.807, 2.05) is 13.1 Å². The van der Waals surface area contributed by atoms with Gasteiger partial charge in [0.05, 0.1) is 6.54 Å². The summed E-state index contributed by atoms with van der Waals surface area (Å²) in [6.07, 6.45) is 3.41. The van der Waals surface area contributed by atoms with Crippen LogP contribution in [0.5, 0.6) is 0 Å². The third kappa shape index (κ3) is 3.78. The fourth-order valence-electron chi connectivity index (χ4n) is 1.68. The van der Waals surface area contributed by atoms with Crippen LogP contribution in [-0.2, 0) is 22.6 Å². The molecule has 0 unspecified atom stereocenters. The lowest BCUT2D eigenvalue weighted by Crippen LogP contribution is -2.22. The fraction of sp³-hybridized carbons (Fsp3) is 0.636. The molecule has 2 heterocycles. The SMILES string of the molecule is COC(Cn1nnnc1SCCn1ccnc1C)OC. The number of rotatable bonds is 8. The van der Waals surface area contributed by atoms with Gasteiger partial charge in [0.15, 0.2) is 6.29 Å². The summed E-state index contributed by atoms with van der Waals surface area (Å²) in [5.41, 5.74) is 0. The van der Waals surface area contributed by atoms with Gasteiger partial charge in [-0.25, -0.2) is 9.67 Å². The van der Waals surface area contributed by atoms with Crippen LogP contribution >= 0.6 is 11.8 Å². The highest BCUT2D eigenvalue weighted by atomic mass is 32.2. The smallest absolute Gasteiger partial charge is 0.209 e. The molecule has 0 N–H and O–H groups in total. The molecule has 0 saturated heterocycles. The van der Waals surface area contributed by atoms with Gasteiger partial charge in [-0.3, -0.25) is 0 Å². The largest absolute Gasteiger partial charge is 0.354 e. The third-order valence-corrected chi connectivity index (χ3v) is 3.77. The van der Waals surface area contributed by atoms with E-state index in [2.05, 4.69) is 25.1 Å². The first kappa shape index (κ1) is 14.9. The van der Waals surface area contributed by atoms with Crippen LogP contribution in [0.3, 0.4) is 0 Å². The molecule has 0 radical (unpaired) electrons. The Morgan fingerprint density at radius 3 is 2.80 bits per heavy atom. The Balaban J connectivity index is 1.87. The van der Waals surface area contributed by atoms with Crippen molar-refractivity contribution in [3.05, 3.63) is 18.2 Å². The number of hydrogen-bond acceptors (Lipinski definition) is 7. The summed E-state index contributed by atoms with van der Waals surface area (Å²) < 4.78 is 14.1. The van der Waals surface area contributed by atoms with E-state index in [1.165, 1.54) is 0 Å². The predicted octanol–water partition coefficient (Wildman–Crippen LogP) is 0.589. The van der Waals surface area contributed by atoms with Crippen LogP contribution in [0.4, 0.5) is 0 Å². The Bertz CT molecular complexity index is 524. The lowest BCUT2D eigenvalue weighted by molar-refractivity contribution is -0.113. The lowest BCUT2D eigenvalue weighted by Gasteiger charge is -2.13. The van der Waals surface area contributed by atoms with Gasteiger partial charge in [-0.1, -0.05) is 11.8 Å². The molecular weight excluding hydrogens is 280 g/mol. The summed E-state index contributed by atoms with van der Waals surface area (Å²) in [4.78, 5) is 4.19. The summed E-state index contributed by atoms with van der Waals surface area (Å²) in [7, 11) is 3.18. The second kappa shape index (κ2) is 7.36. The Morgan fingerprint density at radius 2 is 2.15 bits per heavy atom. The number of aryl methyl sites for hydroxylation is 2. The van der Waals surface area contributed by atoms with Crippen LogP contribution in [0, 0.1) is 6.92 Å². The second-order valence-electron chi connectivity index (χ2n) is 4.06. The van der Waals surface area contributed by atoms with Crippen LogP contribution in [-0.4, -0.2) is 56.0 Å². The Kier molecular flexibility index (Phi) is 5.50. The molecular formula is C11H18N6O2S. The molecule has 0 aliphatic rings. The summed E-state index contributed by atoms with van der Waals surface area (Å²) in [5, 5.41) is 12.4. The molecule has 0 aliphatic carbocycles. The summed E-state index contributed by atoms with van der Waals surface area (Å²) in [5.74, 6) is 1.87. The van der Waals surface area contributed by atoms with Crippen molar-refractivity contribution < 1.29 is 9.47 Å². The van der Waals surface area contributed by atoms with Gasteiger partial charge in [0.2, 0.25) is 5.16 Å². The number of nitrogens with zero attached hydrogens (tertiary/aromatic N) is 6. The van der Waals surface area contributed by atoms with Crippen molar-refractivity contribution in [1.29, 1.82) is 0 Å². The molecule has 0 fully saturated rings. The van der Waals surface area contributed by atoms with Crippen molar-refractivity contribution >= 4 is 11.8 Å². The zero-order chi connectivity index (χ0) is 14.4. The molecule has 0 bridgehead atoms. The highest BCUT2D eigenvalue weighted by molar-refractivity contribution is 7.99. The van der Waals surface area contributed by atoms with Gasteiger partial charge in [-0.15, -0.1) is 5.10 Å². The summed E-state index contributed by atoms with van der Waals surface area (Å²) >= 11 is 1.59. The van der Waals surface area contributed by atoms with E-state index < -0.39 is 0 Å². The maximum atomic E-state index is 5.15. The average Bonchev–Trinajstić information content (AvgIpc) is 3.06. The number of ether oxygens (including phenoxy) is 2.